The third-order valence-corrected chi connectivity index (χ3v) is 3.22. The quantitative estimate of drug-likeness (QED) is 0.646. The molecule has 4 N–H and O–H groups in total. The first kappa shape index (κ1) is 13.5. The fraction of sp³-hybridized carbons (Fsp3) is 0.917. The highest BCUT2D eigenvalue weighted by atomic mass is 16.3. The van der Waals surface area contributed by atoms with E-state index in [-0.39, 0.29) is 17.9 Å². The van der Waals surface area contributed by atoms with Gasteiger partial charge in [-0.25, -0.2) is 0 Å². The summed E-state index contributed by atoms with van der Waals surface area (Å²) < 4.78 is 0. The van der Waals surface area contributed by atoms with Crippen molar-refractivity contribution in [3.05, 3.63) is 0 Å². The number of carbonyl (C=O) groups excluding carboxylic acids is 1. The molecule has 0 bridgehead atoms. The lowest BCUT2D eigenvalue weighted by atomic mass is 10.0. The number of hydrogen-bond donors (Lipinski definition) is 3. The average Bonchev–Trinajstić information content (AvgIpc) is 2.59. The molecule has 0 saturated heterocycles. The standard InChI is InChI=1S/C12H24N2O2/c1-8(2)6-10(13)12(16)14-7-9-4-3-5-11(9)15/h8-11,15H,3-7,13H2,1-2H3,(H,14,16). The van der Waals surface area contributed by atoms with E-state index in [2.05, 4.69) is 5.32 Å². The summed E-state index contributed by atoms with van der Waals surface area (Å²) in [5, 5.41) is 12.4. The monoisotopic (exact) mass is 228 g/mol. The van der Waals surface area contributed by atoms with E-state index in [1.165, 1.54) is 0 Å². The summed E-state index contributed by atoms with van der Waals surface area (Å²) in [5.74, 6) is 0.556. The van der Waals surface area contributed by atoms with E-state index < -0.39 is 6.04 Å². The maximum Gasteiger partial charge on any atom is 0.236 e. The van der Waals surface area contributed by atoms with Crippen LogP contribution in [0.1, 0.15) is 39.5 Å². The molecular formula is C12H24N2O2. The van der Waals surface area contributed by atoms with Gasteiger partial charge in [0.2, 0.25) is 5.91 Å². The summed E-state index contributed by atoms with van der Waals surface area (Å²) in [4.78, 5) is 11.6. The molecule has 0 heterocycles. The van der Waals surface area contributed by atoms with Gasteiger partial charge in [0.05, 0.1) is 12.1 Å². The molecule has 94 valence electrons. The van der Waals surface area contributed by atoms with E-state index in [0.29, 0.717) is 18.9 Å². The maximum absolute atomic E-state index is 11.6. The van der Waals surface area contributed by atoms with E-state index in [9.17, 15) is 9.90 Å². The number of nitrogens with one attached hydrogen (secondary N) is 1. The van der Waals surface area contributed by atoms with Gasteiger partial charge < -0.3 is 16.2 Å². The number of nitrogens with two attached hydrogens (primary N) is 1. The minimum atomic E-state index is -0.418. The number of aliphatic hydroxyl groups excluding tert-OH is 1. The lowest BCUT2D eigenvalue weighted by molar-refractivity contribution is -0.123. The van der Waals surface area contributed by atoms with Crippen LogP contribution in [0.15, 0.2) is 0 Å². The van der Waals surface area contributed by atoms with Crippen LogP contribution < -0.4 is 11.1 Å². The molecule has 0 aromatic carbocycles. The first-order chi connectivity index (χ1) is 7.50. The molecule has 4 nitrogen and oxygen atoms in total. The normalized spacial score (nSPS) is 27.1. The largest absolute Gasteiger partial charge is 0.393 e. The van der Waals surface area contributed by atoms with Crippen LogP contribution in [0.2, 0.25) is 0 Å². The van der Waals surface area contributed by atoms with Gasteiger partial charge in [-0.05, 0) is 25.2 Å². The molecule has 0 spiro atoms. The Bertz CT molecular complexity index is 231. The van der Waals surface area contributed by atoms with Crippen molar-refractivity contribution in [1.82, 2.24) is 5.32 Å². The first-order valence-electron chi connectivity index (χ1n) is 6.22. The summed E-state index contributed by atoms with van der Waals surface area (Å²) in [5.41, 5.74) is 5.76. The van der Waals surface area contributed by atoms with Gasteiger partial charge in [0, 0.05) is 12.5 Å². The summed E-state index contributed by atoms with van der Waals surface area (Å²) in [6.07, 6.45) is 3.37. The summed E-state index contributed by atoms with van der Waals surface area (Å²) in [6.45, 7) is 4.66. The summed E-state index contributed by atoms with van der Waals surface area (Å²) in [7, 11) is 0. The van der Waals surface area contributed by atoms with Crippen molar-refractivity contribution in [3.63, 3.8) is 0 Å². The zero-order valence-electron chi connectivity index (χ0n) is 10.3. The zero-order valence-corrected chi connectivity index (χ0v) is 10.3. The van der Waals surface area contributed by atoms with Crippen LogP contribution in [-0.4, -0.2) is 29.7 Å². The lowest BCUT2D eigenvalue weighted by Crippen LogP contribution is -2.43. The Hall–Kier alpha value is -0.610. The van der Waals surface area contributed by atoms with Crippen molar-refractivity contribution in [2.45, 2.75) is 51.7 Å². The molecule has 1 saturated carbocycles. The van der Waals surface area contributed by atoms with Crippen LogP contribution in [0, 0.1) is 11.8 Å². The molecule has 1 aliphatic rings. The Morgan fingerprint density at radius 2 is 2.19 bits per heavy atom. The Kier molecular flexibility index (Phi) is 5.22. The number of carbonyl (C=O) groups is 1. The van der Waals surface area contributed by atoms with E-state index in [0.717, 1.165) is 19.3 Å². The summed E-state index contributed by atoms with van der Waals surface area (Å²) >= 11 is 0. The smallest absolute Gasteiger partial charge is 0.236 e. The maximum atomic E-state index is 11.6. The molecule has 1 aliphatic carbocycles. The fourth-order valence-electron chi connectivity index (χ4n) is 2.23. The van der Waals surface area contributed by atoms with Gasteiger partial charge in [-0.3, -0.25) is 4.79 Å². The molecule has 0 aliphatic heterocycles. The predicted molar refractivity (Wildman–Crippen MR) is 63.8 cm³/mol. The van der Waals surface area contributed by atoms with Gasteiger partial charge in [0.25, 0.3) is 0 Å². The average molecular weight is 228 g/mol. The zero-order chi connectivity index (χ0) is 12.1. The topological polar surface area (TPSA) is 75.4 Å². The predicted octanol–water partition coefficient (Wildman–Crippen LogP) is 0.637. The van der Waals surface area contributed by atoms with Gasteiger partial charge in [0.1, 0.15) is 0 Å². The Morgan fingerprint density at radius 3 is 2.69 bits per heavy atom. The molecule has 3 atom stereocenters. The number of rotatable bonds is 5. The van der Waals surface area contributed by atoms with Crippen LogP contribution in [0.25, 0.3) is 0 Å². The molecule has 1 fully saturated rings. The van der Waals surface area contributed by atoms with Crippen LogP contribution >= 0.6 is 0 Å². The minimum absolute atomic E-state index is 0.0900. The van der Waals surface area contributed by atoms with Gasteiger partial charge >= 0.3 is 0 Å². The lowest BCUT2D eigenvalue weighted by Gasteiger charge is -2.18. The first-order valence-corrected chi connectivity index (χ1v) is 6.22. The highest BCUT2D eigenvalue weighted by molar-refractivity contribution is 5.81. The molecule has 0 aromatic heterocycles. The highest BCUT2D eigenvalue weighted by Gasteiger charge is 2.26. The molecular weight excluding hydrogens is 204 g/mol. The molecule has 1 rings (SSSR count). The Labute approximate surface area is 97.6 Å². The van der Waals surface area contributed by atoms with Crippen molar-refractivity contribution >= 4 is 5.91 Å². The molecule has 4 heteroatoms. The van der Waals surface area contributed by atoms with Crippen LogP contribution in [0.3, 0.4) is 0 Å². The van der Waals surface area contributed by atoms with E-state index in [1.807, 2.05) is 13.8 Å². The third kappa shape index (κ3) is 4.10. The number of hydrogen-bond acceptors (Lipinski definition) is 3. The van der Waals surface area contributed by atoms with Crippen LogP contribution in [0.4, 0.5) is 0 Å². The second kappa shape index (κ2) is 6.21. The molecule has 3 unspecified atom stereocenters. The highest BCUT2D eigenvalue weighted by Crippen LogP contribution is 2.24. The molecule has 1 amide bonds. The second-order valence-corrected chi connectivity index (χ2v) is 5.24. The number of amides is 1. The van der Waals surface area contributed by atoms with Gasteiger partial charge in [0.15, 0.2) is 0 Å². The van der Waals surface area contributed by atoms with Crippen molar-refractivity contribution in [1.29, 1.82) is 0 Å². The molecule has 16 heavy (non-hydrogen) atoms. The van der Waals surface area contributed by atoms with Crippen LogP contribution in [-0.2, 0) is 4.79 Å². The van der Waals surface area contributed by atoms with Crippen LogP contribution in [0.5, 0.6) is 0 Å². The van der Waals surface area contributed by atoms with Crippen molar-refractivity contribution in [2.75, 3.05) is 6.54 Å². The van der Waals surface area contributed by atoms with Crippen molar-refractivity contribution in [2.24, 2.45) is 17.6 Å². The number of aliphatic hydroxyl groups is 1. The SMILES string of the molecule is CC(C)CC(N)C(=O)NCC1CCCC1O. The summed E-state index contributed by atoms with van der Waals surface area (Å²) in [6, 6.07) is -0.418. The van der Waals surface area contributed by atoms with E-state index >= 15 is 0 Å². The van der Waals surface area contributed by atoms with E-state index in [1.54, 1.807) is 0 Å². The Morgan fingerprint density at radius 1 is 1.50 bits per heavy atom. The second-order valence-electron chi connectivity index (χ2n) is 5.24. The molecule has 0 radical (unpaired) electrons. The van der Waals surface area contributed by atoms with Gasteiger partial charge in [-0.15, -0.1) is 0 Å². The van der Waals surface area contributed by atoms with Gasteiger partial charge in [-0.2, -0.15) is 0 Å². The van der Waals surface area contributed by atoms with E-state index in [4.69, 9.17) is 5.73 Å². The van der Waals surface area contributed by atoms with Crippen molar-refractivity contribution < 1.29 is 9.90 Å². The van der Waals surface area contributed by atoms with Gasteiger partial charge in [-0.1, -0.05) is 20.3 Å². The fourth-order valence-corrected chi connectivity index (χ4v) is 2.23. The van der Waals surface area contributed by atoms with Crippen molar-refractivity contribution in [3.8, 4) is 0 Å². The third-order valence-electron chi connectivity index (χ3n) is 3.22. The molecule has 0 aromatic rings. The minimum Gasteiger partial charge on any atom is -0.393 e. The Balaban J connectivity index is 2.23.